The van der Waals surface area contributed by atoms with E-state index >= 15 is 0 Å². The second kappa shape index (κ2) is 75.0. The van der Waals surface area contributed by atoms with Gasteiger partial charge in [-0.05, 0) is 128 Å². The van der Waals surface area contributed by atoms with Crippen molar-refractivity contribution in [2.75, 3.05) is 39.6 Å². The van der Waals surface area contributed by atoms with Crippen LogP contribution in [0.4, 0.5) is 0 Å². The van der Waals surface area contributed by atoms with E-state index in [-0.39, 0.29) is 25.7 Å². The minimum Gasteiger partial charge on any atom is -0.462 e. The number of aliphatic hydroxyl groups excluding tert-OH is 1. The minimum atomic E-state index is -4.99. The van der Waals surface area contributed by atoms with Crippen molar-refractivity contribution in [2.24, 2.45) is 0 Å². The van der Waals surface area contributed by atoms with Crippen LogP contribution in [0.2, 0.25) is 0 Å². The van der Waals surface area contributed by atoms with Gasteiger partial charge in [-0.1, -0.05) is 291 Å². The van der Waals surface area contributed by atoms with Gasteiger partial charge in [0.05, 0.1) is 26.4 Å². The van der Waals surface area contributed by atoms with E-state index in [1.165, 1.54) is 89.9 Å². The third-order valence-corrected chi connectivity index (χ3v) is 18.6. The van der Waals surface area contributed by atoms with Crippen molar-refractivity contribution < 1.29 is 80.2 Å². The Hall–Kier alpha value is -4.28. The Kier molecular flexibility index (Phi) is 71.8. The molecule has 19 heteroatoms. The fraction of sp³-hybridized carbons (Fsp3) is 0.735. The van der Waals surface area contributed by atoms with E-state index in [2.05, 4.69) is 137 Å². The van der Waals surface area contributed by atoms with Crippen LogP contribution in [0.3, 0.4) is 0 Å². The Balaban J connectivity index is 5.38. The molecule has 0 aromatic heterocycles. The average Bonchev–Trinajstić information content (AvgIpc) is 0.924. The first kappa shape index (κ1) is 97.7. The highest BCUT2D eigenvalue weighted by molar-refractivity contribution is 7.47. The summed E-state index contributed by atoms with van der Waals surface area (Å²) in [4.78, 5) is 73.0. The lowest BCUT2D eigenvalue weighted by molar-refractivity contribution is -0.161. The predicted octanol–water partition coefficient (Wildman–Crippen LogP) is 23.3. The monoisotopic (exact) mass is 1470 g/mol. The number of hydrogen-bond acceptors (Lipinski definition) is 15. The molecule has 588 valence electrons. The number of hydrogen-bond donors (Lipinski definition) is 3. The number of allylic oxidation sites excluding steroid dienone is 18. The van der Waals surface area contributed by atoms with E-state index in [0.29, 0.717) is 25.7 Å². The SMILES string of the molecule is CC/C=C\C/C=C\C/C=C\C/C=C\C/C=C\CCCCCC(=O)OCC(COP(=O)(O)OCC(O)COP(=O)(O)OCC(COC(=O)CCCCCCC/C=C\C/C=C\C/C=C\CC)OC(=O)CCCCCCCCCCCCCCC)OC(=O)CCCCCCC/C=C\CCCCCCCC. The van der Waals surface area contributed by atoms with Crippen molar-refractivity contribution in [3.8, 4) is 0 Å². The Morgan fingerprint density at radius 2 is 0.510 bits per heavy atom. The van der Waals surface area contributed by atoms with Crippen molar-refractivity contribution in [1.82, 2.24) is 0 Å². The summed E-state index contributed by atoms with van der Waals surface area (Å²) in [6.07, 6.45) is 80.6. The number of phosphoric acid groups is 2. The number of esters is 4. The van der Waals surface area contributed by atoms with Gasteiger partial charge in [-0.2, -0.15) is 0 Å². The summed E-state index contributed by atoms with van der Waals surface area (Å²) in [6, 6.07) is 0. The van der Waals surface area contributed by atoms with Crippen molar-refractivity contribution >= 4 is 39.5 Å². The van der Waals surface area contributed by atoms with E-state index in [4.69, 9.17) is 37.0 Å². The van der Waals surface area contributed by atoms with E-state index < -0.39 is 97.5 Å². The van der Waals surface area contributed by atoms with Crippen LogP contribution in [0.5, 0.6) is 0 Å². The minimum absolute atomic E-state index is 0.0769. The highest BCUT2D eigenvalue weighted by Gasteiger charge is 2.30. The van der Waals surface area contributed by atoms with Crippen molar-refractivity contribution in [1.29, 1.82) is 0 Å². The van der Waals surface area contributed by atoms with Crippen LogP contribution < -0.4 is 0 Å². The number of ether oxygens (including phenoxy) is 4. The van der Waals surface area contributed by atoms with Crippen LogP contribution in [0.25, 0.3) is 0 Å². The molecule has 0 saturated carbocycles. The maximum atomic E-state index is 13.1. The smallest absolute Gasteiger partial charge is 0.462 e. The van der Waals surface area contributed by atoms with Crippen molar-refractivity contribution in [3.63, 3.8) is 0 Å². The zero-order chi connectivity index (χ0) is 74.6. The number of unbranched alkanes of at least 4 members (excludes halogenated alkanes) is 31. The summed E-state index contributed by atoms with van der Waals surface area (Å²) in [5.74, 6) is -2.22. The van der Waals surface area contributed by atoms with Crippen LogP contribution in [0.1, 0.15) is 336 Å². The highest BCUT2D eigenvalue weighted by atomic mass is 31.2. The molecule has 0 aromatic carbocycles. The lowest BCUT2D eigenvalue weighted by atomic mass is 10.0. The lowest BCUT2D eigenvalue weighted by Crippen LogP contribution is -2.30. The molecule has 5 unspecified atom stereocenters. The van der Waals surface area contributed by atoms with Gasteiger partial charge in [-0.25, -0.2) is 9.13 Å². The van der Waals surface area contributed by atoms with E-state index in [1.807, 2.05) is 0 Å². The second-order valence-corrected chi connectivity index (χ2v) is 29.5. The third-order valence-electron chi connectivity index (χ3n) is 16.7. The van der Waals surface area contributed by atoms with Gasteiger partial charge >= 0.3 is 39.5 Å². The molecule has 17 nitrogen and oxygen atoms in total. The molecule has 102 heavy (non-hydrogen) atoms. The van der Waals surface area contributed by atoms with Crippen molar-refractivity contribution in [2.45, 2.75) is 354 Å². The average molecular weight is 1480 g/mol. The molecule has 0 fully saturated rings. The Morgan fingerprint density at radius 3 is 0.804 bits per heavy atom. The highest BCUT2D eigenvalue weighted by Crippen LogP contribution is 2.45. The molecule has 0 aromatic rings. The molecule has 0 aliphatic rings. The Labute approximate surface area is 619 Å². The number of phosphoric ester groups is 2. The fourth-order valence-electron chi connectivity index (χ4n) is 10.7. The van der Waals surface area contributed by atoms with Gasteiger partial charge in [-0.3, -0.25) is 37.3 Å². The molecule has 0 saturated heterocycles. The number of carbonyl (C=O) groups excluding carboxylic acids is 4. The number of carbonyl (C=O) groups is 4. The molecule has 0 rings (SSSR count). The van der Waals surface area contributed by atoms with Gasteiger partial charge < -0.3 is 33.8 Å². The molecular weight excluding hydrogens is 1330 g/mol. The van der Waals surface area contributed by atoms with Gasteiger partial charge in [0.15, 0.2) is 12.2 Å². The molecule has 0 radical (unpaired) electrons. The summed E-state index contributed by atoms with van der Waals surface area (Å²) >= 11 is 0. The topological polar surface area (TPSA) is 237 Å². The predicted molar refractivity (Wildman–Crippen MR) is 418 cm³/mol. The van der Waals surface area contributed by atoms with E-state index in [9.17, 15) is 43.2 Å². The van der Waals surface area contributed by atoms with E-state index in [1.54, 1.807) is 0 Å². The Bertz CT molecular complexity index is 2360. The van der Waals surface area contributed by atoms with Crippen LogP contribution in [0, 0.1) is 0 Å². The summed E-state index contributed by atoms with van der Waals surface area (Å²) in [5, 5.41) is 10.6. The summed E-state index contributed by atoms with van der Waals surface area (Å²) < 4.78 is 68.6. The molecule has 5 atom stereocenters. The van der Waals surface area contributed by atoms with Crippen LogP contribution >= 0.6 is 15.6 Å². The van der Waals surface area contributed by atoms with Gasteiger partial charge in [0.2, 0.25) is 0 Å². The van der Waals surface area contributed by atoms with Gasteiger partial charge in [0.25, 0.3) is 0 Å². The summed E-state index contributed by atoms with van der Waals surface area (Å²) in [7, 11) is -9.97. The first-order valence-corrected chi connectivity index (χ1v) is 43.1. The normalized spacial score (nSPS) is 14.5. The molecule has 0 heterocycles. The Morgan fingerprint density at radius 1 is 0.284 bits per heavy atom. The van der Waals surface area contributed by atoms with Gasteiger partial charge in [0, 0.05) is 25.7 Å². The zero-order valence-corrected chi connectivity index (χ0v) is 66.0. The molecule has 0 aliphatic heterocycles. The molecule has 0 spiro atoms. The summed E-state index contributed by atoms with van der Waals surface area (Å²) in [5.41, 5.74) is 0. The van der Waals surface area contributed by atoms with Crippen LogP contribution in [-0.2, 0) is 65.4 Å². The largest absolute Gasteiger partial charge is 0.472 e. The van der Waals surface area contributed by atoms with E-state index in [0.717, 1.165) is 167 Å². The van der Waals surface area contributed by atoms with Crippen LogP contribution in [0.15, 0.2) is 109 Å². The van der Waals surface area contributed by atoms with Gasteiger partial charge in [-0.15, -0.1) is 0 Å². The quantitative estimate of drug-likeness (QED) is 0.0169. The molecular formula is C83H144O17P2. The number of aliphatic hydroxyl groups is 1. The van der Waals surface area contributed by atoms with Gasteiger partial charge in [0.1, 0.15) is 19.3 Å². The first-order chi connectivity index (χ1) is 49.7. The standard InChI is InChI=1S/C83H144O17P2/c1-5-9-13-17-21-25-29-33-36-37-38-39-42-45-48-52-56-60-64-68-81(86)94-74-79(100-83(88)70-66-62-58-54-50-46-41-35-31-27-23-19-15-11-7-3)76-98-102(91,92)96-72-77(84)71-95-101(89,90)97-75-78(99-82(87)69-65-61-57-53-49-43-32-28-24-20-16-12-8-4)73-93-80(85)67-63-59-55-51-47-44-40-34-30-26-22-18-14-10-6-2/h9-10,13-14,21-22,25-26,33-36,38-41,45,48,77-79,84H,5-8,11-12,15-20,23-24,27-32,37,42-44,46-47,49-76H2,1-4H3,(H,89,90)(H,91,92)/b13-9-,14-10-,25-21-,26-22-,36-33-,39-38-,40-34-,41-35-,48-45-. The second-order valence-electron chi connectivity index (χ2n) is 26.6. The van der Waals surface area contributed by atoms with Crippen molar-refractivity contribution in [3.05, 3.63) is 109 Å². The van der Waals surface area contributed by atoms with Crippen LogP contribution in [-0.4, -0.2) is 96.7 Å². The fourth-order valence-corrected chi connectivity index (χ4v) is 12.2. The zero-order valence-electron chi connectivity index (χ0n) is 64.3. The lowest BCUT2D eigenvalue weighted by Gasteiger charge is -2.21. The maximum Gasteiger partial charge on any atom is 0.472 e. The third kappa shape index (κ3) is 74.0. The molecule has 0 aliphatic carbocycles. The maximum absolute atomic E-state index is 13.1. The molecule has 0 bridgehead atoms. The first-order valence-electron chi connectivity index (χ1n) is 40.1. The number of rotatable bonds is 75. The summed E-state index contributed by atoms with van der Waals surface area (Å²) in [6.45, 7) is 4.61. The molecule has 0 amide bonds. The molecule has 3 N–H and O–H groups in total.